The summed E-state index contributed by atoms with van der Waals surface area (Å²) < 4.78 is 0. The number of hydrogen-bond acceptors (Lipinski definition) is 4. The average molecular weight is 248 g/mol. The number of aryl methyl sites for hydroxylation is 1. The van der Waals surface area contributed by atoms with Crippen molar-refractivity contribution in [1.82, 2.24) is 9.97 Å². The van der Waals surface area contributed by atoms with Gasteiger partial charge in [0.25, 0.3) is 0 Å². The van der Waals surface area contributed by atoms with E-state index in [0.717, 1.165) is 30.4 Å². The van der Waals surface area contributed by atoms with Crippen LogP contribution in [0.15, 0.2) is 6.07 Å². The molecule has 0 spiro atoms. The van der Waals surface area contributed by atoms with Gasteiger partial charge >= 0.3 is 0 Å². The fourth-order valence-electron chi connectivity index (χ4n) is 2.54. The van der Waals surface area contributed by atoms with Crippen LogP contribution in [-0.2, 0) is 0 Å². The second-order valence-corrected chi connectivity index (χ2v) is 5.54. The maximum atomic E-state index is 4.55. The van der Waals surface area contributed by atoms with Crippen LogP contribution in [0.1, 0.15) is 51.6 Å². The third kappa shape index (κ3) is 3.34. The number of nitrogens with one attached hydrogen (secondary N) is 2. The van der Waals surface area contributed by atoms with Crippen LogP contribution < -0.4 is 10.6 Å². The van der Waals surface area contributed by atoms with E-state index in [0.29, 0.717) is 0 Å². The highest BCUT2D eigenvalue weighted by atomic mass is 15.2. The molecule has 1 aliphatic carbocycles. The van der Waals surface area contributed by atoms with E-state index < -0.39 is 0 Å². The van der Waals surface area contributed by atoms with Crippen LogP contribution in [0.5, 0.6) is 0 Å². The van der Waals surface area contributed by atoms with E-state index in [1.54, 1.807) is 0 Å². The van der Waals surface area contributed by atoms with E-state index in [9.17, 15) is 0 Å². The predicted octanol–water partition coefficient (Wildman–Crippen LogP) is 3.35. The Bertz CT molecular complexity index is 397. The Balaban J connectivity index is 2.09. The van der Waals surface area contributed by atoms with Gasteiger partial charge in [0.2, 0.25) is 5.95 Å². The minimum absolute atomic E-state index is 0.211. The standard InChI is InChI=1S/C14H24N4/c1-4-9-15-13-16-11(2)10-12(17-13)18-14(3)7-5-6-8-14/h10H,4-9H2,1-3H3,(H2,15,16,17,18). The fourth-order valence-corrected chi connectivity index (χ4v) is 2.54. The van der Waals surface area contributed by atoms with Crippen molar-refractivity contribution in [3.8, 4) is 0 Å². The summed E-state index contributed by atoms with van der Waals surface area (Å²) in [6.45, 7) is 7.36. The first-order valence-electron chi connectivity index (χ1n) is 6.99. The van der Waals surface area contributed by atoms with E-state index in [1.165, 1.54) is 25.7 Å². The topological polar surface area (TPSA) is 49.8 Å². The number of anilines is 2. The Morgan fingerprint density at radius 1 is 1.28 bits per heavy atom. The highest BCUT2D eigenvalue weighted by Gasteiger charge is 2.28. The van der Waals surface area contributed by atoms with E-state index in [-0.39, 0.29) is 5.54 Å². The smallest absolute Gasteiger partial charge is 0.224 e. The molecule has 18 heavy (non-hydrogen) atoms. The molecule has 1 aliphatic rings. The molecule has 4 heteroatoms. The van der Waals surface area contributed by atoms with Crippen molar-refractivity contribution >= 4 is 11.8 Å². The van der Waals surface area contributed by atoms with Crippen LogP contribution >= 0.6 is 0 Å². The van der Waals surface area contributed by atoms with E-state index >= 15 is 0 Å². The lowest BCUT2D eigenvalue weighted by molar-refractivity contribution is 0.531. The van der Waals surface area contributed by atoms with Gasteiger partial charge in [-0.25, -0.2) is 4.98 Å². The fraction of sp³-hybridized carbons (Fsp3) is 0.714. The van der Waals surface area contributed by atoms with Crippen molar-refractivity contribution in [3.05, 3.63) is 11.8 Å². The number of nitrogens with zero attached hydrogens (tertiary/aromatic N) is 2. The van der Waals surface area contributed by atoms with E-state index in [2.05, 4.69) is 34.4 Å². The monoisotopic (exact) mass is 248 g/mol. The van der Waals surface area contributed by atoms with Gasteiger partial charge in [-0.05, 0) is 33.1 Å². The van der Waals surface area contributed by atoms with Gasteiger partial charge in [-0.15, -0.1) is 0 Å². The van der Waals surface area contributed by atoms with Gasteiger partial charge in [0.05, 0.1) is 0 Å². The molecular formula is C14H24N4. The van der Waals surface area contributed by atoms with Crippen molar-refractivity contribution in [2.45, 2.75) is 58.4 Å². The lowest BCUT2D eigenvalue weighted by atomic mass is 10.0. The quantitative estimate of drug-likeness (QED) is 0.839. The lowest BCUT2D eigenvalue weighted by Crippen LogP contribution is -2.31. The van der Waals surface area contributed by atoms with Crippen LogP contribution in [0.25, 0.3) is 0 Å². The molecule has 2 rings (SSSR count). The van der Waals surface area contributed by atoms with E-state index in [1.807, 2.05) is 13.0 Å². The largest absolute Gasteiger partial charge is 0.365 e. The molecule has 4 nitrogen and oxygen atoms in total. The van der Waals surface area contributed by atoms with Gasteiger partial charge < -0.3 is 10.6 Å². The first-order chi connectivity index (χ1) is 8.61. The summed E-state index contributed by atoms with van der Waals surface area (Å²) >= 11 is 0. The zero-order chi connectivity index (χ0) is 13.0. The van der Waals surface area contributed by atoms with Crippen molar-refractivity contribution in [2.75, 3.05) is 17.2 Å². The number of hydrogen-bond donors (Lipinski definition) is 2. The highest BCUT2D eigenvalue weighted by Crippen LogP contribution is 2.32. The average Bonchev–Trinajstić information content (AvgIpc) is 2.72. The van der Waals surface area contributed by atoms with Crippen LogP contribution in [-0.4, -0.2) is 22.1 Å². The van der Waals surface area contributed by atoms with Crippen LogP contribution in [0, 0.1) is 6.92 Å². The van der Waals surface area contributed by atoms with Gasteiger partial charge in [-0.3, -0.25) is 0 Å². The van der Waals surface area contributed by atoms with Gasteiger partial charge in [0.15, 0.2) is 0 Å². The highest BCUT2D eigenvalue weighted by molar-refractivity contribution is 5.44. The Kier molecular flexibility index (Phi) is 4.04. The minimum atomic E-state index is 0.211. The molecule has 0 atom stereocenters. The molecule has 1 aromatic heterocycles. The Morgan fingerprint density at radius 3 is 2.67 bits per heavy atom. The summed E-state index contributed by atoms with van der Waals surface area (Å²) in [5.74, 6) is 1.69. The van der Waals surface area contributed by atoms with Gasteiger partial charge in [-0.2, -0.15) is 4.98 Å². The van der Waals surface area contributed by atoms with Crippen LogP contribution in [0.4, 0.5) is 11.8 Å². The maximum Gasteiger partial charge on any atom is 0.224 e. The molecule has 0 aliphatic heterocycles. The molecule has 1 saturated carbocycles. The second-order valence-electron chi connectivity index (χ2n) is 5.54. The maximum absolute atomic E-state index is 4.55. The minimum Gasteiger partial charge on any atom is -0.365 e. The Hall–Kier alpha value is -1.32. The van der Waals surface area contributed by atoms with Gasteiger partial charge in [-0.1, -0.05) is 19.8 Å². The predicted molar refractivity (Wildman–Crippen MR) is 76.0 cm³/mol. The third-order valence-electron chi connectivity index (χ3n) is 3.52. The molecule has 0 aromatic carbocycles. The summed E-state index contributed by atoms with van der Waals surface area (Å²) in [5, 5.41) is 6.83. The summed E-state index contributed by atoms with van der Waals surface area (Å²) in [6, 6.07) is 2.03. The summed E-state index contributed by atoms with van der Waals surface area (Å²) in [7, 11) is 0. The van der Waals surface area contributed by atoms with Crippen molar-refractivity contribution < 1.29 is 0 Å². The SMILES string of the molecule is CCCNc1nc(C)cc(NC2(C)CCCC2)n1. The van der Waals surface area contributed by atoms with Crippen molar-refractivity contribution in [2.24, 2.45) is 0 Å². The molecule has 0 unspecified atom stereocenters. The summed E-state index contributed by atoms with van der Waals surface area (Å²) in [6.07, 6.45) is 6.17. The normalized spacial score (nSPS) is 17.7. The van der Waals surface area contributed by atoms with Crippen molar-refractivity contribution in [3.63, 3.8) is 0 Å². The molecule has 1 aromatic rings. The summed E-state index contributed by atoms with van der Waals surface area (Å²) in [4.78, 5) is 8.95. The molecule has 0 radical (unpaired) electrons. The first-order valence-corrected chi connectivity index (χ1v) is 6.99. The molecule has 0 amide bonds. The van der Waals surface area contributed by atoms with Gasteiger partial charge in [0.1, 0.15) is 5.82 Å². The summed E-state index contributed by atoms with van der Waals surface area (Å²) in [5.41, 5.74) is 1.22. The molecule has 0 saturated heterocycles. The second kappa shape index (κ2) is 5.55. The lowest BCUT2D eigenvalue weighted by Gasteiger charge is -2.26. The molecule has 0 bridgehead atoms. The van der Waals surface area contributed by atoms with E-state index in [4.69, 9.17) is 0 Å². The molecule has 1 fully saturated rings. The molecule has 2 N–H and O–H groups in total. The van der Waals surface area contributed by atoms with Crippen molar-refractivity contribution in [1.29, 1.82) is 0 Å². The Labute approximate surface area is 110 Å². The van der Waals surface area contributed by atoms with Crippen LogP contribution in [0.3, 0.4) is 0 Å². The molecule has 100 valence electrons. The van der Waals surface area contributed by atoms with Gasteiger partial charge in [0, 0.05) is 23.8 Å². The first kappa shape index (κ1) is 13.1. The third-order valence-corrected chi connectivity index (χ3v) is 3.52. The van der Waals surface area contributed by atoms with Crippen LogP contribution in [0.2, 0.25) is 0 Å². The Morgan fingerprint density at radius 2 is 2.00 bits per heavy atom. The number of aromatic nitrogens is 2. The number of rotatable bonds is 5. The zero-order valence-electron chi connectivity index (χ0n) is 11.7. The molecular weight excluding hydrogens is 224 g/mol. The zero-order valence-corrected chi connectivity index (χ0v) is 11.7. The molecule has 1 heterocycles.